The first kappa shape index (κ1) is 16.9. The van der Waals surface area contributed by atoms with Crippen molar-refractivity contribution < 1.29 is 4.79 Å². The zero-order valence-electron chi connectivity index (χ0n) is 12.9. The molecule has 0 saturated carbocycles. The maximum Gasteiger partial charge on any atom is 0.231 e. The van der Waals surface area contributed by atoms with E-state index in [4.69, 9.17) is 0 Å². The molecule has 1 amide bonds. The molecule has 0 fully saturated rings. The zero-order valence-corrected chi connectivity index (χ0v) is 14.6. The summed E-state index contributed by atoms with van der Waals surface area (Å²) in [7, 11) is 0. The van der Waals surface area contributed by atoms with Gasteiger partial charge in [-0.15, -0.1) is 0 Å². The third-order valence-corrected chi connectivity index (χ3v) is 5.91. The lowest BCUT2D eigenvalue weighted by molar-refractivity contribution is -0.120. The molecular weight excluding hydrogens is 314 g/mol. The Morgan fingerprint density at radius 2 is 2.27 bits per heavy atom. The minimum atomic E-state index is -0.828. The van der Waals surface area contributed by atoms with Crippen molar-refractivity contribution in [2.45, 2.75) is 32.1 Å². The van der Waals surface area contributed by atoms with E-state index in [1.165, 1.54) is 17.3 Å². The second kappa shape index (κ2) is 7.21. The van der Waals surface area contributed by atoms with Crippen LogP contribution in [0, 0.1) is 17.2 Å². The molecule has 1 atom stereocenters. The number of fused-ring (bicyclic) bond motifs is 1. The van der Waals surface area contributed by atoms with Crippen molar-refractivity contribution in [3.8, 4) is 6.07 Å². The second-order valence-electron chi connectivity index (χ2n) is 5.60. The first-order valence-electron chi connectivity index (χ1n) is 7.09. The zero-order chi connectivity index (χ0) is 16.2. The van der Waals surface area contributed by atoms with Gasteiger partial charge in [-0.1, -0.05) is 55.6 Å². The van der Waals surface area contributed by atoms with E-state index in [0.29, 0.717) is 0 Å². The second-order valence-corrected chi connectivity index (χ2v) is 7.79. The monoisotopic (exact) mass is 333 g/mol. The molecule has 22 heavy (non-hydrogen) atoms. The van der Waals surface area contributed by atoms with Gasteiger partial charge < -0.3 is 5.32 Å². The summed E-state index contributed by atoms with van der Waals surface area (Å²) in [4.78, 5) is 16.6. The minimum Gasteiger partial charge on any atom is -0.337 e. The summed E-state index contributed by atoms with van der Waals surface area (Å²) in [5, 5.41) is 12.0. The van der Waals surface area contributed by atoms with Crippen LogP contribution in [0.4, 0.5) is 5.69 Å². The summed E-state index contributed by atoms with van der Waals surface area (Å²) < 4.78 is 0.900. The van der Waals surface area contributed by atoms with Crippen LogP contribution in [0.25, 0.3) is 0 Å². The fraction of sp³-hybridized carbons (Fsp3) is 0.438. The molecule has 0 spiro atoms. The van der Waals surface area contributed by atoms with Gasteiger partial charge in [-0.2, -0.15) is 5.26 Å². The van der Waals surface area contributed by atoms with Crippen LogP contribution in [0.2, 0.25) is 0 Å². The Balaban J connectivity index is 1.93. The highest BCUT2D eigenvalue weighted by Gasteiger charge is 2.30. The Bertz CT molecular complexity index is 637. The number of rotatable bonds is 4. The van der Waals surface area contributed by atoms with E-state index >= 15 is 0 Å². The fourth-order valence-electron chi connectivity index (χ4n) is 1.84. The van der Waals surface area contributed by atoms with Crippen molar-refractivity contribution in [1.82, 2.24) is 5.32 Å². The third-order valence-electron chi connectivity index (χ3n) is 3.67. The van der Waals surface area contributed by atoms with Crippen LogP contribution in [-0.4, -0.2) is 21.6 Å². The van der Waals surface area contributed by atoms with Gasteiger partial charge in [0.05, 0.1) is 17.5 Å². The molecule has 0 bridgehead atoms. The normalized spacial score (nSPS) is 16.2. The van der Waals surface area contributed by atoms with Crippen LogP contribution in [0.3, 0.4) is 0 Å². The van der Waals surface area contributed by atoms with E-state index < -0.39 is 5.54 Å². The number of carbonyl (C=O) groups excluding carboxylic acids is 1. The SMILES string of the molecule is CC(C)[C@](C)(C#N)NC(=O)CSC1=Nc2ccccc2CS1. The largest absolute Gasteiger partial charge is 0.337 e. The standard InChI is InChI=1S/C16H19N3OS2/c1-11(2)16(3,10-17)19-14(20)9-22-15-18-13-7-5-4-6-12(13)8-21-15/h4-7,11H,8-9H2,1-3H3,(H,19,20)/t16-/m0/s1. The number of benzene rings is 1. The van der Waals surface area contributed by atoms with Gasteiger partial charge in [0.2, 0.25) is 5.91 Å². The average Bonchev–Trinajstić information content (AvgIpc) is 2.52. The van der Waals surface area contributed by atoms with E-state index in [2.05, 4.69) is 22.4 Å². The Morgan fingerprint density at radius 3 is 2.95 bits per heavy atom. The van der Waals surface area contributed by atoms with Gasteiger partial charge in [-0.3, -0.25) is 4.79 Å². The van der Waals surface area contributed by atoms with Crippen molar-refractivity contribution >= 4 is 39.5 Å². The average molecular weight is 333 g/mol. The lowest BCUT2D eigenvalue weighted by Crippen LogP contribution is -2.49. The first-order valence-corrected chi connectivity index (χ1v) is 9.06. The van der Waals surface area contributed by atoms with Gasteiger partial charge >= 0.3 is 0 Å². The first-order chi connectivity index (χ1) is 10.4. The van der Waals surface area contributed by atoms with Crippen molar-refractivity contribution in [3.05, 3.63) is 29.8 Å². The van der Waals surface area contributed by atoms with Crippen LogP contribution < -0.4 is 5.32 Å². The van der Waals surface area contributed by atoms with Gasteiger partial charge in [0, 0.05) is 5.75 Å². The molecule has 116 valence electrons. The Kier molecular flexibility index (Phi) is 5.54. The van der Waals surface area contributed by atoms with E-state index in [9.17, 15) is 10.1 Å². The predicted molar refractivity (Wildman–Crippen MR) is 94.3 cm³/mol. The summed E-state index contributed by atoms with van der Waals surface area (Å²) in [5.41, 5.74) is 1.37. The van der Waals surface area contributed by atoms with Crippen LogP contribution in [0.5, 0.6) is 0 Å². The molecule has 1 aliphatic rings. The quantitative estimate of drug-likeness (QED) is 0.912. The van der Waals surface area contributed by atoms with E-state index in [1.54, 1.807) is 18.7 Å². The number of aliphatic imine (C=N–C) groups is 1. The molecule has 0 aliphatic carbocycles. The molecule has 4 nitrogen and oxygen atoms in total. The maximum absolute atomic E-state index is 12.1. The number of amides is 1. The number of nitriles is 1. The summed E-state index contributed by atoms with van der Waals surface area (Å²) in [6.07, 6.45) is 0. The highest BCUT2D eigenvalue weighted by Crippen LogP contribution is 2.34. The summed E-state index contributed by atoms with van der Waals surface area (Å²) >= 11 is 3.07. The number of carbonyl (C=O) groups is 1. The third kappa shape index (κ3) is 4.05. The molecule has 2 rings (SSSR count). The molecule has 0 unspecified atom stereocenters. The minimum absolute atomic E-state index is 0.0553. The number of nitrogens with zero attached hydrogens (tertiary/aromatic N) is 2. The molecule has 1 aliphatic heterocycles. The van der Waals surface area contributed by atoms with Crippen molar-refractivity contribution in [2.24, 2.45) is 10.9 Å². The molecule has 1 aromatic carbocycles. The number of para-hydroxylation sites is 1. The van der Waals surface area contributed by atoms with Crippen LogP contribution in [-0.2, 0) is 10.5 Å². The molecule has 0 aromatic heterocycles. The topological polar surface area (TPSA) is 65.2 Å². The predicted octanol–water partition coefficient (Wildman–Crippen LogP) is 3.71. The van der Waals surface area contributed by atoms with Gasteiger partial charge in [0.25, 0.3) is 0 Å². The highest BCUT2D eigenvalue weighted by molar-refractivity contribution is 8.38. The van der Waals surface area contributed by atoms with E-state index in [1.807, 2.05) is 32.0 Å². The van der Waals surface area contributed by atoms with E-state index in [-0.39, 0.29) is 17.6 Å². The van der Waals surface area contributed by atoms with Crippen LogP contribution in [0.15, 0.2) is 29.3 Å². The smallest absolute Gasteiger partial charge is 0.231 e. The summed E-state index contributed by atoms with van der Waals surface area (Å²) in [5.74, 6) is 1.08. The van der Waals surface area contributed by atoms with Crippen molar-refractivity contribution in [2.75, 3.05) is 5.75 Å². The Labute approximate surface area is 139 Å². The fourth-order valence-corrected chi connectivity index (χ4v) is 3.70. The summed E-state index contributed by atoms with van der Waals surface area (Å²) in [6.45, 7) is 5.60. The van der Waals surface area contributed by atoms with Gasteiger partial charge in [0.1, 0.15) is 9.91 Å². The van der Waals surface area contributed by atoms with Gasteiger partial charge in [-0.25, -0.2) is 4.99 Å². The number of hydrogen-bond donors (Lipinski definition) is 1. The van der Waals surface area contributed by atoms with Crippen LogP contribution >= 0.6 is 23.5 Å². The van der Waals surface area contributed by atoms with E-state index in [0.717, 1.165) is 15.8 Å². The van der Waals surface area contributed by atoms with Gasteiger partial charge in [0.15, 0.2) is 0 Å². The van der Waals surface area contributed by atoms with Gasteiger partial charge in [-0.05, 0) is 24.5 Å². The Morgan fingerprint density at radius 1 is 1.55 bits per heavy atom. The summed E-state index contributed by atoms with van der Waals surface area (Å²) in [6, 6.07) is 10.2. The highest BCUT2D eigenvalue weighted by atomic mass is 32.2. The molecule has 1 aromatic rings. The molecule has 1 N–H and O–H groups in total. The molecule has 0 saturated heterocycles. The molecule has 1 heterocycles. The maximum atomic E-state index is 12.1. The molecular formula is C16H19N3OS2. The number of thioether (sulfide) groups is 2. The lowest BCUT2D eigenvalue weighted by Gasteiger charge is -2.27. The molecule has 0 radical (unpaired) electrons. The number of hydrogen-bond acceptors (Lipinski definition) is 5. The van der Waals surface area contributed by atoms with Crippen molar-refractivity contribution in [3.63, 3.8) is 0 Å². The van der Waals surface area contributed by atoms with Crippen LogP contribution in [0.1, 0.15) is 26.3 Å². The number of nitrogens with one attached hydrogen (secondary N) is 1. The molecule has 6 heteroatoms. The lowest BCUT2D eigenvalue weighted by atomic mass is 9.90. The van der Waals surface area contributed by atoms with Crippen molar-refractivity contribution in [1.29, 1.82) is 5.26 Å². The Hall–Kier alpha value is -1.45.